The lowest BCUT2D eigenvalue weighted by molar-refractivity contribution is 0.104. The molecule has 0 aliphatic carbocycles. The molecule has 0 spiro atoms. The maximum Gasteiger partial charge on any atom is 0.212 e. The van der Waals surface area contributed by atoms with Crippen molar-refractivity contribution in [2.45, 2.75) is 6.54 Å². The molecule has 0 saturated heterocycles. The summed E-state index contributed by atoms with van der Waals surface area (Å²) in [5.41, 5.74) is 0. The van der Waals surface area contributed by atoms with E-state index < -0.39 is 10.0 Å². The zero-order valence-electron chi connectivity index (χ0n) is 9.54. The fraction of sp³-hybridized carbons (Fsp3) is 0.182. The minimum absolute atomic E-state index is 0.0133. The second-order valence-corrected chi connectivity index (χ2v) is 7.61. The predicted octanol–water partition coefficient (Wildman–Crippen LogP) is 2.09. The number of thiophene rings is 2. The van der Waals surface area contributed by atoms with Crippen LogP contribution >= 0.6 is 22.7 Å². The monoisotopic (exact) mass is 301 g/mol. The van der Waals surface area contributed by atoms with Gasteiger partial charge in [-0.3, -0.25) is 4.79 Å². The molecule has 0 aliphatic rings. The van der Waals surface area contributed by atoms with Gasteiger partial charge in [0, 0.05) is 11.4 Å². The Labute approximate surface area is 113 Å². The predicted molar refractivity (Wildman–Crippen MR) is 73.8 cm³/mol. The van der Waals surface area contributed by atoms with E-state index in [0.29, 0.717) is 9.75 Å². The van der Waals surface area contributed by atoms with Gasteiger partial charge in [-0.05, 0) is 23.6 Å². The van der Waals surface area contributed by atoms with Gasteiger partial charge in [-0.1, -0.05) is 6.07 Å². The fourth-order valence-electron chi connectivity index (χ4n) is 1.33. The lowest BCUT2D eigenvalue weighted by Gasteiger charge is -1.98. The smallest absolute Gasteiger partial charge is 0.212 e. The van der Waals surface area contributed by atoms with Gasteiger partial charge in [-0.15, -0.1) is 22.7 Å². The lowest BCUT2D eigenvalue weighted by Crippen LogP contribution is -2.20. The van der Waals surface area contributed by atoms with Crippen molar-refractivity contribution in [3.8, 4) is 0 Å². The average molecular weight is 301 g/mol. The van der Waals surface area contributed by atoms with Crippen LogP contribution in [0.3, 0.4) is 0 Å². The number of rotatable bonds is 5. The van der Waals surface area contributed by atoms with Crippen molar-refractivity contribution >= 4 is 38.5 Å². The Hall–Kier alpha value is -1.02. The molecular weight excluding hydrogens is 290 g/mol. The normalized spacial score (nSPS) is 11.6. The molecule has 2 heterocycles. The number of hydrogen-bond donors (Lipinski definition) is 1. The van der Waals surface area contributed by atoms with Crippen molar-refractivity contribution in [3.05, 3.63) is 44.3 Å². The highest BCUT2D eigenvalue weighted by Crippen LogP contribution is 2.22. The number of carbonyl (C=O) groups excluding carboxylic acids is 1. The average Bonchev–Trinajstić information content (AvgIpc) is 2.96. The molecule has 0 amide bonds. The summed E-state index contributed by atoms with van der Waals surface area (Å²) in [5, 5.41) is 1.85. The molecular formula is C11H11NO3S3. The van der Waals surface area contributed by atoms with Crippen LogP contribution in [0.15, 0.2) is 29.6 Å². The molecule has 4 nitrogen and oxygen atoms in total. The first-order chi connectivity index (χ1) is 8.46. The topological polar surface area (TPSA) is 63.2 Å². The highest BCUT2D eigenvalue weighted by atomic mass is 32.2. The molecule has 1 N–H and O–H groups in total. The van der Waals surface area contributed by atoms with E-state index in [2.05, 4.69) is 4.72 Å². The van der Waals surface area contributed by atoms with Crippen LogP contribution in [-0.2, 0) is 16.6 Å². The van der Waals surface area contributed by atoms with Gasteiger partial charge in [0.15, 0.2) is 0 Å². The second-order valence-electron chi connectivity index (χ2n) is 3.67. The number of nitrogens with one attached hydrogen (secondary N) is 1. The van der Waals surface area contributed by atoms with E-state index in [9.17, 15) is 13.2 Å². The molecule has 0 radical (unpaired) electrons. The Morgan fingerprint density at radius 1 is 1.28 bits per heavy atom. The SMILES string of the molecule is CS(=O)(=O)NCc1ccc(C(=O)c2cccs2)s1. The first-order valence-corrected chi connectivity index (χ1v) is 8.66. The molecule has 0 fully saturated rings. The molecule has 2 aromatic rings. The molecule has 96 valence electrons. The van der Waals surface area contributed by atoms with Gasteiger partial charge in [-0.2, -0.15) is 0 Å². The minimum atomic E-state index is -3.20. The zero-order chi connectivity index (χ0) is 13.2. The molecule has 0 saturated carbocycles. The van der Waals surface area contributed by atoms with Gasteiger partial charge < -0.3 is 0 Å². The molecule has 0 atom stereocenters. The molecule has 7 heteroatoms. The van der Waals surface area contributed by atoms with Crippen LogP contribution in [0.4, 0.5) is 0 Å². The van der Waals surface area contributed by atoms with Gasteiger partial charge in [0.05, 0.1) is 16.0 Å². The highest BCUT2D eigenvalue weighted by Gasteiger charge is 2.13. The van der Waals surface area contributed by atoms with Crippen LogP contribution in [0.25, 0.3) is 0 Å². The van der Waals surface area contributed by atoms with Crippen molar-refractivity contribution in [1.82, 2.24) is 4.72 Å². The van der Waals surface area contributed by atoms with E-state index in [4.69, 9.17) is 0 Å². The number of sulfonamides is 1. The quantitative estimate of drug-likeness (QED) is 0.860. The zero-order valence-corrected chi connectivity index (χ0v) is 12.0. The van der Waals surface area contributed by atoms with Crippen LogP contribution in [-0.4, -0.2) is 20.5 Å². The molecule has 18 heavy (non-hydrogen) atoms. The summed E-state index contributed by atoms with van der Waals surface area (Å²) in [6.45, 7) is 0.223. The third-order valence-corrected chi connectivity index (χ3v) is 4.76. The number of hydrogen-bond acceptors (Lipinski definition) is 5. The summed E-state index contributed by atoms with van der Waals surface area (Å²) in [6.07, 6.45) is 1.11. The van der Waals surface area contributed by atoms with Crippen LogP contribution in [0.2, 0.25) is 0 Å². The van der Waals surface area contributed by atoms with E-state index in [1.54, 1.807) is 18.2 Å². The highest BCUT2D eigenvalue weighted by molar-refractivity contribution is 7.88. The molecule has 0 bridgehead atoms. The summed E-state index contributed by atoms with van der Waals surface area (Å²) in [5.74, 6) is -0.0133. The van der Waals surface area contributed by atoms with Crippen LogP contribution in [0.1, 0.15) is 19.4 Å². The second kappa shape index (κ2) is 5.31. The summed E-state index contributed by atoms with van der Waals surface area (Å²) in [7, 11) is -3.20. The molecule has 2 rings (SSSR count). The van der Waals surface area contributed by atoms with E-state index in [1.165, 1.54) is 22.7 Å². The first kappa shape index (κ1) is 13.4. The molecule has 2 aromatic heterocycles. The van der Waals surface area contributed by atoms with Crippen molar-refractivity contribution in [3.63, 3.8) is 0 Å². The van der Waals surface area contributed by atoms with Crippen LogP contribution in [0.5, 0.6) is 0 Å². The van der Waals surface area contributed by atoms with Gasteiger partial charge in [0.25, 0.3) is 0 Å². The summed E-state index contributed by atoms with van der Waals surface area (Å²) in [4.78, 5) is 14.1. The van der Waals surface area contributed by atoms with Gasteiger partial charge in [0.1, 0.15) is 0 Å². The maximum atomic E-state index is 12.0. The Bertz CT molecular complexity index is 641. The Morgan fingerprint density at radius 3 is 2.67 bits per heavy atom. The molecule has 0 unspecified atom stereocenters. The largest absolute Gasteiger partial charge is 0.287 e. The summed E-state index contributed by atoms with van der Waals surface area (Å²) in [6, 6.07) is 7.11. The minimum Gasteiger partial charge on any atom is -0.287 e. The van der Waals surface area contributed by atoms with E-state index in [1.807, 2.05) is 11.4 Å². The third-order valence-electron chi connectivity index (χ3n) is 2.14. The van der Waals surface area contributed by atoms with E-state index in [-0.39, 0.29) is 12.3 Å². The van der Waals surface area contributed by atoms with Gasteiger partial charge in [0.2, 0.25) is 15.8 Å². The number of ketones is 1. The van der Waals surface area contributed by atoms with Gasteiger partial charge in [-0.25, -0.2) is 13.1 Å². The standard InChI is InChI=1S/C11H11NO3S3/c1-18(14,15)12-7-8-4-5-10(17-8)11(13)9-3-2-6-16-9/h2-6,12H,7H2,1H3. The van der Waals surface area contributed by atoms with E-state index in [0.717, 1.165) is 11.1 Å². The van der Waals surface area contributed by atoms with Crippen LogP contribution in [0, 0.1) is 0 Å². The number of carbonyl (C=O) groups is 1. The molecule has 0 aromatic carbocycles. The Kier molecular flexibility index (Phi) is 3.96. The summed E-state index contributed by atoms with van der Waals surface area (Å²) < 4.78 is 24.3. The first-order valence-electron chi connectivity index (χ1n) is 5.07. The third kappa shape index (κ3) is 3.49. The Balaban J connectivity index is 2.09. The Morgan fingerprint density at radius 2 is 2.06 bits per heavy atom. The van der Waals surface area contributed by atoms with Crippen molar-refractivity contribution in [1.29, 1.82) is 0 Å². The summed E-state index contributed by atoms with van der Waals surface area (Å²) >= 11 is 2.71. The van der Waals surface area contributed by atoms with E-state index >= 15 is 0 Å². The lowest BCUT2D eigenvalue weighted by atomic mass is 10.3. The maximum absolute atomic E-state index is 12.0. The van der Waals surface area contributed by atoms with Crippen molar-refractivity contribution in [2.75, 3.05) is 6.26 Å². The molecule has 0 aliphatic heterocycles. The fourth-order valence-corrected chi connectivity index (χ4v) is 3.48. The van der Waals surface area contributed by atoms with Crippen molar-refractivity contribution in [2.24, 2.45) is 0 Å². The van der Waals surface area contributed by atoms with Crippen LogP contribution < -0.4 is 4.72 Å². The van der Waals surface area contributed by atoms with Crippen molar-refractivity contribution < 1.29 is 13.2 Å². The van der Waals surface area contributed by atoms with Gasteiger partial charge >= 0.3 is 0 Å².